The van der Waals surface area contributed by atoms with E-state index >= 15 is 0 Å². The number of carbonyl (C=O) groups excluding carboxylic acids is 1. The second-order valence-corrected chi connectivity index (χ2v) is 34.1. The molecule has 21 rings (SSSR count). The number of aryl methyl sites for hydroxylation is 4. The quantitative estimate of drug-likeness (QED) is 0.0760. The van der Waals surface area contributed by atoms with Crippen LogP contribution in [0.2, 0.25) is 0 Å². The molecule has 8 aromatic carbocycles. The van der Waals surface area contributed by atoms with Crippen molar-refractivity contribution in [3.05, 3.63) is 376 Å². The van der Waals surface area contributed by atoms with Crippen molar-refractivity contribution in [2.24, 2.45) is 28.2 Å². The minimum atomic E-state index is -0.137. The number of amides is 1. The van der Waals surface area contributed by atoms with Gasteiger partial charge in [0.25, 0.3) is 22.2 Å². The Hall–Kier alpha value is -13.8. The molecule has 0 saturated carbocycles. The number of fused-ring (bicyclic) bond motifs is 12. The highest BCUT2D eigenvalue weighted by molar-refractivity contribution is 5.91. The van der Waals surface area contributed by atoms with Gasteiger partial charge in [0.05, 0.1) is 51.4 Å². The number of rotatable bonds is 20. The molecule has 5 aliphatic rings. The average molecular weight is 1710 g/mol. The van der Waals surface area contributed by atoms with Gasteiger partial charge in [0.1, 0.15) is 49.4 Å². The number of ether oxygens (including phenoxy) is 4. The molecular formula is C106H109N13O9. The average Bonchev–Trinajstić information content (AvgIpc) is 1.63. The van der Waals surface area contributed by atoms with E-state index in [-0.39, 0.29) is 28.1 Å². The molecule has 0 unspecified atom stereocenters. The van der Waals surface area contributed by atoms with E-state index in [2.05, 4.69) is 129 Å². The number of aromatic nitrogens is 8. The van der Waals surface area contributed by atoms with Crippen LogP contribution in [0.5, 0.6) is 23.0 Å². The molecule has 1 fully saturated rings. The zero-order valence-electron chi connectivity index (χ0n) is 73.7. The number of pyridine rings is 4. The lowest BCUT2D eigenvalue weighted by Crippen LogP contribution is -2.42. The Morgan fingerprint density at radius 3 is 1.05 bits per heavy atom. The summed E-state index contributed by atoms with van der Waals surface area (Å²) in [5.74, 6) is 2.53. The van der Waals surface area contributed by atoms with E-state index in [9.17, 15) is 24.0 Å². The van der Waals surface area contributed by atoms with E-state index in [1.54, 1.807) is 61.3 Å². The maximum atomic E-state index is 13.0. The second-order valence-electron chi connectivity index (χ2n) is 34.1. The molecule has 0 atom stereocenters. The lowest BCUT2D eigenvalue weighted by atomic mass is 10.0. The minimum Gasteiger partial charge on any atom is -0.489 e. The molecule has 5 aliphatic heterocycles. The molecule has 128 heavy (non-hydrogen) atoms. The molecule has 22 heteroatoms. The second kappa shape index (κ2) is 38.2. The van der Waals surface area contributed by atoms with E-state index < -0.39 is 0 Å². The van der Waals surface area contributed by atoms with Crippen LogP contribution in [0.25, 0.3) is 66.4 Å². The summed E-state index contributed by atoms with van der Waals surface area (Å²) in [5, 5.41) is 8.43. The van der Waals surface area contributed by atoms with Crippen LogP contribution in [0.15, 0.2) is 287 Å². The Morgan fingerprint density at radius 1 is 0.344 bits per heavy atom. The Bertz CT molecular complexity index is 6970. The van der Waals surface area contributed by atoms with Gasteiger partial charge in [-0.25, -0.2) is 0 Å². The number of nitrogens with one attached hydrogen (secondary N) is 1. The summed E-state index contributed by atoms with van der Waals surface area (Å²) in [6, 6.07) is 78.3. The van der Waals surface area contributed by atoms with Crippen LogP contribution in [0.3, 0.4) is 0 Å². The molecule has 13 heterocycles. The SMILES string of the molecule is CCCN1CCc2c(c3ccc(-n4ccc(OCc5ccccc5)cc4=O)cc3n2C)C1.CN1CCc2c(c3ccc(-n4ccc(OCc5ccccc5)cc4=O)cc3n2C)C1.Cn1c2c(c3ccc(-n4ccc(OCc5ccccc5)cc4=O)cc31)CN(C(=O)CN1CCCC1)CC2.Cn1c2c(c3ccc(-n4ccc(OCc5ccccc5)cc4=O)cc31)CNCC2. The van der Waals surface area contributed by atoms with E-state index in [0.717, 1.165) is 153 Å². The maximum absolute atomic E-state index is 13.0. The van der Waals surface area contributed by atoms with Crippen LogP contribution >= 0.6 is 0 Å². The first kappa shape index (κ1) is 85.0. The van der Waals surface area contributed by atoms with Crippen molar-refractivity contribution < 1.29 is 23.7 Å². The zero-order chi connectivity index (χ0) is 87.9. The third-order valence-corrected chi connectivity index (χ3v) is 25.8. The summed E-state index contributed by atoms with van der Waals surface area (Å²) in [5.41, 5.74) is 22.8. The van der Waals surface area contributed by atoms with Gasteiger partial charge in [-0.1, -0.05) is 153 Å². The summed E-state index contributed by atoms with van der Waals surface area (Å²) in [7, 11) is 10.6. The van der Waals surface area contributed by atoms with E-state index in [0.29, 0.717) is 62.5 Å². The number of hydrogen-bond acceptors (Lipinski definition) is 13. The molecule has 0 aliphatic carbocycles. The first-order valence-electron chi connectivity index (χ1n) is 44.6. The van der Waals surface area contributed by atoms with Gasteiger partial charge in [0.15, 0.2) is 0 Å². The highest BCUT2D eigenvalue weighted by Crippen LogP contribution is 2.37. The van der Waals surface area contributed by atoms with Gasteiger partial charge in [0.2, 0.25) is 5.91 Å². The van der Waals surface area contributed by atoms with Crippen LogP contribution in [-0.2, 0) is 111 Å². The minimum absolute atomic E-state index is 0.0944. The number of likely N-dealkylation sites (N-methyl/N-ethyl adjacent to an activating group) is 1. The molecule has 1 saturated heterocycles. The molecule has 1 amide bonds. The lowest BCUT2D eigenvalue weighted by Gasteiger charge is -2.29. The molecule has 22 nitrogen and oxygen atoms in total. The Morgan fingerprint density at radius 2 is 0.680 bits per heavy atom. The van der Waals surface area contributed by atoms with Gasteiger partial charge < -0.3 is 52.3 Å². The predicted octanol–water partition coefficient (Wildman–Crippen LogP) is 16.0. The molecule has 16 aromatic rings. The number of hydrogen-bond donors (Lipinski definition) is 1. The smallest absolute Gasteiger partial charge is 0.258 e. The van der Waals surface area contributed by atoms with Crippen molar-refractivity contribution in [3.63, 3.8) is 0 Å². The van der Waals surface area contributed by atoms with Crippen molar-refractivity contribution in [1.82, 2.24) is 61.5 Å². The molecule has 652 valence electrons. The Labute approximate surface area is 744 Å². The third-order valence-electron chi connectivity index (χ3n) is 25.8. The van der Waals surface area contributed by atoms with Crippen molar-refractivity contribution in [1.29, 1.82) is 0 Å². The third kappa shape index (κ3) is 18.5. The van der Waals surface area contributed by atoms with Crippen LogP contribution < -0.4 is 46.5 Å². The van der Waals surface area contributed by atoms with Crippen molar-refractivity contribution in [2.75, 3.05) is 59.4 Å². The zero-order valence-corrected chi connectivity index (χ0v) is 73.7. The molecule has 0 radical (unpaired) electrons. The first-order valence-corrected chi connectivity index (χ1v) is 44.6. The molecular weight excluding hydrogens is 1600 g/mol. The molecule has 0 spiro atoms. The summed E-state index contributed by atoms with van der Waals surface area (Å²) in [6.07, 6.45) is 14.7. The summed E-state index contributed by atoms with van der Waals surface area (Å²) in [4.78, 5) is 73.5. The van der Waals surface area contributed by atoms with Crippen molar-refractivity contribution in [3.8, 4) is 45.7 Å². The molecule has 0 bridgehead atoms. The highest BCUT2D eigenvalue weighted by Gasteiger charge is 2.30. The monoisotopic (exact) mass is 1710 g/mol. The largest absolute Gasteiger partial charge is 0.489 e. The number of benzene rings is 8. The topological polar surface area (TPSA) is 187 Å². The highest BCUT2D eigenvalue weighted by atomic mass is 16.5. The standard InChI is InChI=1S/C30H32N4O3.C27H29N3O2.C25H25N3O2.C24H23N3O2/c1-31-27-12-15-33(30(36)20-32-13-5-6-14-32)19-26(27)25-10-9-23(17-28(25)31)34-16-11-24(18-29(34)35)37-21-22-7-3-2-4-8-22;1-3-13-29-14-12-25-24(18-29)23-10-9-21(16-26(23)28(25)2)30-15-11-22(17-27(30)31)32-19-20-7-5-4-6-8-20;1-26-12-11-23-22(16-26)21-9-8-19(14-24(21)27(23)2)28-13-10-20(15-25(28)29)30-17-18-6-4-3-5-7-18;1-26-22-9-11-25-15-21(22)20-8-7-18(13-23(20)26)27-12-10-19(14-24(27)28)29-16-17-5-3-2-4-6-17/h2-4,7-11,16-18H,5-6,12-15,19-21H2,1H3;4-11,15-17H,3,12-14,18-19H2,1-2H3;3-10,13-15H,11-12,16-17H2,1-2H3;2-8,10,12-14,25H,9,11,15-16H2,1H3. The van der Waals surface area contributed by atoms with Crippen molar-refractivity contribution >= 4 is 49.5 Å². The fourth-order valence-corrected chi connectivity index (χ4v) is 18.9. The van der Waals surface area contributed by atoms with Crippen molar-refractivity contribution in [2.45, 2.75) is 104 Å². The fraction of sp³-hybridized carbons (Fsp3) is 0.274. The maximum Gasteiger partial charge on any atom is 0.258 e. The Kier molecular flexibility index (Phi) is 25.4. The summed E-state index contributed by atoms with van der Waals surface area (Å²) in [6.45, 7) is 15.2. The van der Waals surface area contributed by atoms with Gasteiger partial charge in [-0.2, -0.15) is 0 Å². The summed E-state index contributed by atoms with van der Waals surface area (Å²) < 4.78 is 39.0. The van der Waals surface area contributed by atoms with E-state index in [4.69, 9.17) is 18.9 Å². The van der Waals surface area contributed by atoms with Gasteiger partial charge >= 0.3 is 0 Å². The van der Waals surface area contributed by atoms with E-state index in [1.807, 2.05) is 175 Å². The van der Waals surface area contributed by atoms with Gasteiger partial charge in [-0.05, 0) is 158 Å². The first-order chi connectivity index (χ1) is 62.5. The Balaban J connectivity index is 0.000000116. The summed E-state index contributed by atoms with van der Waals surface area (Å²) >= 11 is 0. The molecule has 8 aromatic heterocycles. The van der Waals surface area contributed by atoms with Crippen LogP contribution in [-0.4, -0.2) is 121 Å². The lowest BCUT2D eigenvalue weighted by molar-refractivity contribution is -0.133. The normalized spacial score (nSPS) is 14.4. The number of likely N-dealkylation sites (tertiary alicyclic amines) is 1. The number of nitrogens with zero attached hydrogens (tertiary/aromatic N) is 12. The predicted molar refractivity (Wildman–Crippen MR) is 507 cm³/mol. The molecule has 1 N–H and O–H groups in total. The van der Waals surface area contributed by atoms with E-state index in [1.165, 1.54) is 97.6 Å². The number of carbonyl (C=O) groups is 1. The van der Waals surface area contributed by atoms with Crippen LogP contribution in [0.1, 0.15) is 93.5 Å². The van der Waals surface area contributed by atoms with Gasteiger partial charge in [-0.15, -0.1) is 0 Å². The van der Waals surface area contributed by atoms with Gasteiger partial charge in [0, 0.05) is 205 Å². The van der Waals surface area contributed by atoms with Crippen LogP contribution in [0, 0.1) is 0 Å². The van der Waals surface area contributed by atoms with Crippen LogP contribution in [0.4, 0.5) is 0 Å². The fourth-order valence-electron chi connectivity index (χ4n) is 18.9. The van der Waals surface area contributed by atoms with Gasteiger partial charge in [-0.3, -0.25) is 52.0 Å².